The molecular weight excluding hydrogens is 694 g/mol. The molecule has 2 heterocycles. The highest BCUT2D eigenvalue weighted by Gasteiger charge is 2.32. The number of hydrogen-bond acceptors (Lipinski definition) is 9. The molecule has 0 unspecified atom stereocenters. The Bertz CT molecular complexity index is 1660. The minimum absolute atomic E-state index is 0.0549. The molecule has 2 aromatic rings. The van der Waals surface area contributed by atoms with Crippen LogP contribution in [0.2, 0.25) is 0 Å². The summed E-state index contributed by atoms with van der Waals surface area (Å²) in [5.41, 5.74) is 6.49. The van der Waals surface area contributed by atoms with Gasteiger partial charge in [-0.25, -0.2) is 4.98 Å². The van der Waals surface area contributed by atoms with Crippen LogP contribution < -0.4 is 37.6 Å². The smallest absolute Gasteiger partial charge is 0.271 e. The number of benzene rings is 1. The Labute approximate surface area is 314 Å². The highest BCUT2D eigenvalue weighted by atomic mass is 16.2. The molecule has 0 saturated heterocycles. The first kappa shape index (κ1) is 40.8. The van der Waals surface area contributed by atoms with Gasteiger partial charge in [-0.2, -0.15) is 0 Å². The first-order chi connectivity index (χ1) is 26.1. The molecule has 7 amide bonds. The van der Waals surface area contributed by atoms with Crippen LogP contribution in [0.4, 0.5) is 0 Å². The Morgan fingerprint density at radius 2 is 1.52 bits per heavy atom. The van der Waals surface area contributed by atoms with E-state index in [1.807, 2.05) is 30.3 Å². The van der Waals surface area contributed by atoms with E-state index in [-0.39, 0.29) is 50.4 Å². The van der Waals surface area contributed by atoms with Gasteiger partial charge in [0.05, 0.1) is 6.20 Å². The van der Waals surface area contributed by atoms with E-state index in [2.05, 4.69) is 41.9 Å². The van der Waals surface area contributed by atoms with Crippen molar-refractivity contribution in [3.8, 4) is 0 Å². The van der Waals surface area contributed by atoms with Gasteiger partial charge < -0.3 is 37.6 Å². The van der Waals surface area contributed by atoms with Gasteiger partial charge in [-0.05, 0) is 43.6 Å². The fourth-order valence-electron chi connectivity index (χ4n) is 6.29. The fraction of sp³-hybridized carbons (Fsp3) is 0.447. The number of hydrogen-bond donors (Lipinski definition) is 7. The quantitative estimate of drug-likeness (QED) is 0.159. The Balaban J connectivity index is 1.58. The van der Waals surface area contributed by atoms with Crippen LogP contribution in [0.1, 0.15) is 80.3 Å². The number of rotatable bonds is 11. The van der Waals surface area contributed by atoms with Crippen LogP contribution >= 0.6 is 0 Å². The molecule has 1 saturated carbocycles. The van der Waals surface area contributed by atoms with Gasteiger partial charge in [0.2, 0.25) is 35.4 Å². The van der Waals surface area contributed by atoms with Gasteiger partial charge in [0, 0.05) is 37.6 Å². The van der Waals surface area contributed by atoms with Crippen LogP contribution in [0.3, 0.4) is 0 Å². The van der Waals surface area contributed by atoms with Crippen LogP contribution in [0.5, 0.6) is 0 Å². The second-order valence-electron chi connectivity index (χ2n) is 13.3. The van der Waals surface area contributed by atoms with Crippen molar-refractivity contribution in [1.29, 1.82) is 0 Å². The van der Waals surface area contributed by atoms with E-state index >= 15 is 0 Å². The second-order valence-corrected chi connectivity index (χ2v) is 13.3. The molecule has 288 valence electrons. The molecule has 1 aliphatic heterocycles. The summed E-state index contributed by atoms with van der Waals surface area (Å²) in [5.74, 6) is -4.47. The molecule has 1 aromatic heterocycles. The van der Waals surface area contributed by atoms with Gasteiger partial charge in [-0.3, -0.25) is 38.5 Å². The molecule has 0 spiro atoms. The van der Waals surface area contributed by atoms with E-state index in [0.717, 1.165) is 49.8 Å². The molecular formula is C38H49N9O7. The lowest BCUT2D eigenvalue weighted by atomic mass is 9.84. The third-order valence-corrected chi connectivity index (χ3v) is 9.20. The summed E-state index contributed by atoms with van der Waals surface area (Å²) >= 11 is 0. The Hall–Kier alpha value is -5.93. The zero-order valence-corrected chi connectivity index (χ0v) is 30.1. The molecule has 16 heteroatoms. The molecule has 4 atom stereocenters. The minimum Gasteiger partial charge on any atom is -0.368 e. The number of primary amides is 1. The van der Waals surface area contributed by atoms with E-state index in [1.54, 1.807) is 12.2 Å². The van der Waals surface area contributed by atoms with Gasteiger partial charge in [-0.1, -0.05) is 74.6 Å². The first-order valence-corrected chi connectivity index (χ1v) is 18.3. The zero-order valence-electron chi connectivity index (χ0n) is 30.1. The van der Waals surface area contributed by atoms with Crippen molar-refractivity contribution >= 4 is 47.4 Å². The van der Waals surface area contributed by atoms with Crippen LogP contribution in [-0.2, 0) is 28.8 Å². The first-order valence-electron chi connectivity index (χ1n) is 18.3. The third-order valence-electron chi connectivity index (χ3n) is 9.20. The number of amides is 7. The minimum atomic E-state index is -1.18. The van der Waals surface area contributed by atoms with Crippen molar-refractivity contribution in [3.63, 3.8) is 0 Å². The van der Waals surface area contributed by atoms with Crippen molar-refractivity contribution in [2.45, 2.75) is 88.4 Å². The number of nitrogens with one attached hydrogen (secondary N) is 6. The molecule has 1 fully saturated rings. The molecule has 2 aliphatic rings. The SMILES string of the molecule is NC(=O)[C@@H]1CCNC(=O)[C@H](CCCNC(=O)c2cnccn2)NC(=O)[C@H](CC2CCCCC2)NC(=O)[C@H](C/C=C/c2ccccc2)NC(=O)/C=C/C(=O)N1. The number of aromatic nitrogens is 2. The van der Waals surface area contributed by atoms with Crippen LogP contribution in [0.25, 0.3) is 6.08 Å². The van der Waals surface area contributed by atoms with Crippen molar-refractivity contribution in [3.05, 3.63) is 78.4 Å². The lowest BCUT2D eigenvalue weighted by molar-refractivity contribution is -0.133. The largest absolute Gasteiger partial charge is 0.368 e. The van der Waals surface area contributed by atoms with Gasteiger partial charge in [0.1, 0.15) is 29.9 Å². The van der Waals surface area contributed by atoms with Gasteiger partial charge >= 0.3 is 0 Å². The summed E-state index contributed by atoms with van der Waals surface area (Å²) < 4.78 is 0. The standard InChI is InChI=1S/C38H49N9O7/c39-34(50)27-18-20-43-35(51)28(15-8-19-42-36(52)31-24-40-21-22-41-31)46-38(54)30(23-26-11-5-2-6-12-26)47-37(53)29(45-33(49)17-16-32(48)44-27)14-7-13-25-9-3-1-4-10-25/h1,3-4,7,9-10,13,16-17,21-22,24,26-30H,2,5-6,8,11-12,14-15,18-20,23H2,(H2,39,50)(H,42,52)(H,43,51)(H,44,48)(H,45,49)(H,46,54)(H,47,53)/b13-7+,17-16+/t27-,28-,29-,30-/m0/s1. The van der Waals surface area contributed by atoms with E-state index in [4.69, 9.17) is 5.73 Å². The van der Waals surface area contributed by atoms with Crippen molar-refractivity contribution in [2.24, 2.45) is 11.7 Å². The molecule has 4 rings (SSSR count). The predicted molar refractivity (Wildman–Crippen MR) is 199 cm³/mol. The summed E-state index contributed by atoms with van der Waals surface area (Å²) in [6.45, 7) is 0.0611. The van der Waals surface area contributed by atoms with E-state index in [1.165, 1.54) is 18.6 Å². The van der Waals surface area contributed by atoms with E-state index < -0.39 is 65.5 Å². The monoisotopic (exact) mass is 743 g/mol. The van der Waals surface area contributed by atoms with Crippen LogP contribution in [-0.4, -0.2) is 88.6 Å². The highest BCUT2D eigenvalue weighted by Crippen LogP contribution is 2.27. The average molecular weight is 744 g/mol. The average Bonchev–Trinajstić information content (AvgIpc) is 3.17. The lowest BCUT2D eigenvalue weighted by Crippen LogP contribution is -2.57. The number of nitrogens with zero attached hydrogens (tertiary/aromatic N) is 2. The Kier molecular flexibility index (Phi) is 16.3. The van der Waals surface area contributed by atoms with Crippen molar-refractivity contribution in [2.75, 3.05) is 13.1 Å². The Morgan fingerprint density at radius 1 is 0.815 bits per heavy atom. The summed E-state index contributed by atoms with van der Waals surface area (Å²) in [5, 5.41) is 16.1. The number of nitrogens with two attached hydrogens (primary N) is 1. The third kappa shape index (κ3) is 13.9. The maximum Gasteiger partial charge on any atom is 0.271 e. The summed E-state index contributed by atoms with van der Waals surface area (Å²) in [6, 6.07) is 4.90. The predicted octanol–water partition coefficient (Wildman–Crippen LogP) is 0.561. The molecule has 1 aromatic carbocycles. The molecule has 0 bridgehead atoms. The molecule has 8 N–H and O–H groups in total. The summed E-state index contributed by atoms with van der Waals surface area (Å²) in [4.78, 5) is 99.6. The van der Waals surface area contributed by atoms with Gasteiger partial charge in [-0.15, -0.1) is 0 Å². The number of carbonyl (C=O) groups is 7. The highest BCUT2D eigenvalue weighted by molar-refractivity contribution is 6.00. The van der Waals surface area contributed by atoms with Gasteiger partial charge in [0.15, 0.2) is 0 Å². The summed E-state index contributed by atoms with van der Waals surface area (Å²) in [7, 11) is 0. The van der Waals surface area contributed by atoms with Crippen LogP contribution in [0, 0.1) is 5.92 Å². The molecule has 0 radical (unpaired) electrons. The topological polar surface area (TPSA) is 243 Å². The van der Waals surface area contributed by atoms with Crippen LogP contribution in [0.15, 0.2) is 67.2 Å². The maximum absolute atomic E-state index is 14.0. The summed E-state index contributed by atoms with van der Waals surface area (Å²) in [6.07, 6.45) is 15.0. The fourth-order valence-corrected chi connectivity index (χ4v) is 6.29. The van der Waals surface area contributed by atoms with Crippen molar-refractivity contribution < 1.29 is 33.6 Å². The zero-order chi connectivity index (χ0) is 38.7. The van der Waals surface area contributed by atoms with E-state index in [0.29, 0.717) is 6.42 Å². The van der Waals surface area contributed by atoms with Crippen molar-refractivity contribution in [1.82, 2.24) is 41.9 Å². The molecule has 54 heavy (non-hydrogen) atoms. The number of carbonyl (C=O) groups excluding carboxylic acids is 7. The molecule has 16 nitrogen and oxygen atoms in total. The Morgan fingerprint density at radius 3 is 2.22 bits per heavy atom. The lowest BCUT2D eigenvalue weighted by Gasteiger charge is -2.29. The van der Waals surface area contributed by atoms with Gasteiger partial charge in [0.25, 0.3) is 5.91 Å². The second kappa shape index (κ2) is 21.6. The molecule has 1 aliphatic carbocycles. The maximum atomic E-state index is 14.0. The van der Waals surface area contributed by atoms with E-state index in [9.17, 15) is 33.6 Å². The normalized spacial score (nSPS) is 23.1.